The quantitative estimate of drug-likeness (QED) is 0.131. The van der Waals surface area contributed by atoms with Crippen LogP contribution < -0.4 is 0 Å². The minimum absolute atomic E-state index is 0.00352. The standard InChI is InChI=1S/C44H48N8O2/c1-49-39(21-9-17-31-13-5-3-6-14-31)45-47-41(49)37-19-11-27-51(37)43(53)35-25-23-34-30-36(26-24-33(34)29-35)44(54)52-28-12-20-38(52)42-48-46-40(50(42)2)22-10-18-32-15-7-4-8-16-32/h3-8,13-16,23-26,29-30,37-38H,9-12,17-22,27-28H2,1-2H3/t37-,38-/m0/s1. The number of nitrogens with zero attached hydrogens (tertiary/aromatic N) is 8. The van der Waals surface area contributed by atoms with Crippen molar-refractivity contribution in [3.05, 3.63) is 143 Å². The molecule has 0 radical (unpaired) electrons. The lowest BCUT2D eigenvalue weighted by Gasteiger charge is -2.25. The maximum Gasteiger partial charge on any atom is 0.254 e. The lowest BCUT2D eigenvalue weighted by Crippen LogP contribution is -2.32. The van der Waals surface area contributed by atoms with Gasteiger partial charge in [0.15, 0.2) is 11.6 Å². The van der Waals surface area contributed by atoms with Crippen LogP contribution >= 0.6 is 0 Å². The molecular formula is C44H48N8O2. The summed E-state index contributed by atoms with van der Waals surface area (Å²) in [6.45, 7) is 1.37. The minimum atomic E-state index is -0.110. The van der Waals surface area contributed by atoms with E-state index in [-0.39, 0.29) is 23.9 Å². The summed E-state index contributed by atoms with van der Waals surface area (Å²) in [5.41, 5.74) is 3.92. The zero-order chi connectivity index (χ0) is 37.0. The number of rotatable bonds is 12. The average Bonchev–Trinajstić information content (AvgIpc) is 4.03. The molecule has 8 rings (SSSR count). The molecule has 4 aromatic carbocycles. The molecule has 2 aliphatic rings. The van der Waals surface area contributed by atoms with Gasteiger partial charge in [-0.1, -0.05) is 72.8 Å². The van der Waals surface area contributed by atoms with Gasteiger partial charge in [-0.05, 0) is 97.5 Å². The van der Waals surface area contributed by atoms with Crippen LogP contribution in [0.2, 0.25) is 0 Å². The summed E-state index contributed by atoms with van der Waals surface area (Å²) in [7, 11) is 4.04. The third-order valence-corrected chi connectivity index (χ3v) is 11.4. The van der Waals surface area contributed by atoms with Crippen LogP contribution in [-0.2, 0) is 39.8 Å². The Morgan fingerprint density at radius 2 is 0.981 bits per heavy atom. The Kier molecular flexibility index (Phi) is 10.3. The van der Waals surface area contributed by atoms with Gasteiger partial charge < -0.3 is 18.9 Å². The molecule has 0 unspecified atom stereocenters. The second-order valence-electron chi connectivity index (χ2n) is 14.8. The smallest absolute Gasteiger partial charge is 0.254 e. The van der Waals surface area contributed by atoms with Crippen LogP contribution in [0.3, 0.4) is 0 Å². The lowest BCUT2D eigenvalue weighted by molar-refractivity contribution is 0.0720. The molecule has 0 N–H and O–H groups in total. The van der Waals surface area contributed by atoms with Crippen molar-refractivity contribution in [2.75, 3.05) is 13.1 Å². The second kappa shape index (κ2) is 15.8. The van der Waals surface area contributed by atoms with Crippen LogP contribution in [0.5, 0.6) is 0 Å². The molecule has 0 aliphatic carbocycles. The molecule has 276 valence electrons. The Hall–Kier alpha value is -5.64. The van der Waals surface area contributed by atoms with E-state index in [1.807, 2.05) is 72.4 Å². The van der Waals surface area contributed by atoms with E-state index in [0.717, 1.165) is 98.3 Å². The number of hydrogen-bond acceptors (Lipinski definition) is 6. The highest BCUT2D eigenvalue weighted by atomic mass is 16.2. The van der Waals surface area contributed by atoms with E-state index in [0.29, 0.717) is 24.2 Å². The SMILES string of the molecule is Cn1c(CCCc2ccccc2)nnc1[C@@H]1CCCN1C(=O)c1ccc2cc(C(=O)N3CCC[C@H]3c3nnc(CCCc4ccccc4)n3C)ccc2c1. The number of aromatic nitrogens is 6. The Morgan fingerprint density at radius 3 is 1.41 bits per heavy atom. The van der Waals surface area contributed by atoms with Crippen LogP contribution in [0, 0.1) is 0 Å². The molecule has 0 saturated carbocycles. The van der Waals surface area contributed by atoms with Crippen molar-refractivity contribution in [3.8, 4) is 0 Å². The van der Waals surface area contributed by atoms with Crippen molar-refractivity contribution in [1.29, 1.82) is 0 Å². The molecule has 4 heterocycles. The maximum atomic E-state index is 14.0. The van der Waals surface area contributed by atoms with Crippen LogP contribution in [-0.4, -0.2) is 64.2 Å². The van der Waals surface area contributed by atoms with Crippen LogP contribution in [0.15, 0.2) is 97.1 Å². The molecule has 2 aromatic heterocycles. The first-order valence-corrected chi connectivity index (χ1v) is 19.4. The highest BCUT2D eigenvalue weighted by Crippen LogP contribution is 2.35. The summed E-state index contributed by atoms with van der Waals surface area (Å²) in [4.78, 5) is 31.9. The van der Waals surface area contributed by atoms with Gasteiger partial charge in [-0.25, -0.2) is 0 Å². The van der Waals surface area contributed by atoms with Gasteiger partial charge in [0.05, 0.1) is 12.1 Å². The van der Waals surface area contributed by atoms with Crippen molar-refractivity contribution in [3.63, 3.8) is 0 Å². The van der Waals surface area contributed by atoms with E-state index in [1.54, 1.807) is 0 Å². The summed E-state index contributed by atoms with van der Waals surface area (Å²) >= 11 is 0. The summed E-state index contributed by atoms with van der Waals surface area (Å²) in [6.07, 6.45) is 9.22. The predicted octanol–water partition coefficient (Wildman–Crippen LogP) is 7.40. The third kappa shape index (κ3) is 7.29. The molecule has 10 heteroatoms. The van der Waals surface area contributed by atoms with E-state index >= 15 is 0 Å². The van der Waals surface area contributed by atoms with Gasteiger partial charge in [0.2, 0.25) is 0 Å². The molecule has 2 saturated heterocycles. The predicted molar refractivity (Wildman–Crippen MR) is 209 cm³/mol. The van der Waals surface area contributed by atoms with Gasteiger partial charge in [0.25, 0.3) is 11.8 Å². The van der Waals surface area contributed by atoms with Gasteiger partial charge in [-0.2, -0.15) is 0 Å². The summed E-state index contributed by atoms with van der Waals surface area (Å²) in [5, 5.41) is 20.1. The van der Waals surface area contributed by atoms with Crippen LogP contribution in [0.1, 0.15) is 106 Å². The van der Waals surface area contributed by atoms with Crippen molar-refractivity contribution < 1.29 is 9.59 Å². The zero-order valence-electron chi connectivity index (χ0n) is 31.3. The van der Waals surface area contributed by atoms with Gasteiger partial charge >= 0.3 is 0 Å². The van der Waals surface area contributed by atoms with Gasteiger partial charge in [0, 0.05) is 51.2 Å². The van der Waals surface area contributed by atoms with Gasteiger partial charge in [0.1, 0.15) is 11.6 Å². The molecule has 2 atom stereocenters. The van der Waals surface area contributed by atoms with Crippen molar-refractivity contribution in [2.24, 2.45) is 14.1 Å². The number of aryl methyl sites for hydroxylation is 4. The summed E-state index contributed by atoms with van der Waals surface area (Å²) < 4.78 is 4.17. The van der Waals surface area contributed by atoms with E-state index in [2.05, 4.69) is 78.1 Å². The Labute approximate surface area is 316 Å². The van der Waals surface area contributed by atoms with Crippen LogP contribution in [0.25, 0.3) is 10.8 Å². The average molecular weight is 721 g/mol. The van der Waals surface area contributed by atoms with Gasteiger partial charge in [-0.3, -0.25) is 9.59 Å². The van der Waals surface area contributed by atoms with E-state index in [4.69, 9.17) is 0 Å². The highest BCUT2D eigenvalue weighted by molar-refractivity contribution is 6.02. The Balaban J connectivity index is 0.921. The highest BCUT2D eigenvalue weighted by Gasteiger charge is 2.36. The normalized spacial score (nSPS) is 17.1. The van der Waals surface area contributed by atoms with E-state index in [1.165, 1.54) is 11.1 Å². The first-order valence-electron chi connectivity index (χ1n) is 19.4. The number of carbonyl (C=O) groups excluding carboxylic acids is 2. The zero-order valence-corrected chi connectivity index (χ0v) is 31.3. The monoisotopic (exact) mass is 720 g/mol. The second-order valence-corrected chi connectivity index (χ2v) is 14.8. The molecule has 2 fully saturated rings. The lowest BCUT2D eigenvalue weighted by atomic mass is 10.0. The summed E-state index contributed by atoms with van der Waals surface area (Å²) in [6, 6.07) is 32.4. The molecule has 6 aromatic rings. The Morgan fingerprint density at radius 1 is 0.556 bits per heavy atom. The van der Waals surface area contributed by atoms with Gasteiger partial charge in [-0.15, -0.1) is 20.4 Å². The molecule has 10 nitrogen and oxygen atoms in total. The number of hydrogen-bond donors (Lipinski definition) is 0. The fraction of sp³-hybridized carbons (Fsp3) is 0.364. The minimum Gasteiger partial charge on any atom is -0.328 e. The largest absolute Gasteiger partial charge is 0.328 e. The Bertz CT molecular complexity index is 2090. The van der Waals surface area contributed by atoms with Crippen molar-refractivity contribution in [2.45, 2.75) is 76.3 Å². The number of fused-ring (bicyclic) bond motifs is 1. The molecule has 2 amide bonds. The first kappa shape index (κ1) is 35.4. The fourth-order valence-electron chi connectivity index (χ4n) is 8.36. The fourth-order valence-corrected chi connectivity index (χ4v) is 8.36. The number of benzene rings is 4. The molecule has 54 heavy (non-hydrogen) atoms. The van der Waals surface area contributed by atoms with Crippen molar-refractivity contribution >= 4 is 22.6 Å². The topological polar surface area (TPSA) is 102 Å². The molecule has 0 bridgehead atoms. The number of likely N-dealkylation sites (tertiary alicyclic amines) is 2. The number of amides is 2. The molecular weight excluding hydrogens is 673 g/mol. The molecule has 2 aliphatic heterocycles. The number of carbonyl (C=O) groups is 2. The first-order chi connectivity index (χ1) is 26.4. The maximum absolute atomic E-state index is 14.0. The van der Waals surface area contributed by atoms with E-state index in [9.17, 15) is 9.59 Å². The molecule has 0 spiro atoms. The van der Waals surface area contributed by atoms with Crippen LogP contribution in [0.4, 0.5) is 0 Å². The van der Waals surface area contributed by atoms with E-state index < -0.39 is 0 Å². The third-order valence-electron chi connectivity index (χ3n) is 11.4. The van der Waals surface area contributed by atoms with Crippen molar-refractivity contribution in [1.82, 2.24) is 39.3 Å². The summed E-state index contributed by atoms with van der Waals surface area (Å²) in [5.74, 6) is 3.59.